The highest BCUT2D eigenvalue weighted by Gasteiger charge is 2.33. The minimum Gasteiger partial charge on any atom is -0.480 e. The van der Waals surface area contributed by atoms with Crippen LogP contribution in [0.3, 0.4) is 0 Å². The van der Waals surface area contributed by atoms with Crippen LogP contribution in [0, 0.1) is 5.92 Å². The van der Waals surface area contributed by atoms with E-state index in [1.54, 1.807) is 0 Å². The molecule has 2 unspecified atom stereocenters. The fourth-order valence-electron chi connectivity index (χ4n) is 1.78. The molecule has 0 aliphatic carbocycles. The fraction of sp³-hybridized carbons (Fsp3) is 0.889. The molecule has 0 bridgehead atoms. The molecular weight excluding hydrogens is 187 g/mol. The normalized spacial score (nSPS) is 24.5. The molecule has 0 saturated carbocycles. The Morgan fingerprint density at radius 3 is 2.50 bits per heavy atom. The van der Waals surface area contributed by atoms with Crippen LogP contribution in [0.15, 0.2) is 0 Å². The van der Waals surface area contributed by atoms with Crippen LogP contribution >= 0.6 is 0 Å². The number of carbonyl (C=O) groups is 1. The van der Waals surface area contributed by atoms with E-state index in [1.807, 2.05) is 7.05 Å². The summed E-state index contributed by atoms with van der Waals surface area (Å²) in [7, 11) is 1.97. The molecule has 3 N–H and O–H groups in total. The first kappa shape index (κ1) is 11.4. The second-order valence-electron chi connectivity index (χ2n) is 3.95. The summed E-state index contributed by atoms with van der Waals surface area (Å²) in [6, 6.07) is -1.37. The maximum atomic E-state index is 13.5. The molecule has 0 aromatic rings. The number of likely N-dealkylation sites (tertiary alicyclic amines) is 1. The van der Waals surface area contributed by atoms with E-state index in [2.05, 4.69) is 4.90 Å². The highest BCUT2D eigenvalue weighted by molar-refractivity contribution is 5.73. The lowest BCUT2D eigenvalue weighted by molar-refractivity contribution is -0.140. The minimum absolute atomic E-state index is 0.197. The van der Waals surface area contributed by atoms with Crippen LogP contribution in [0.4, 0.5) is 4.39 Å². The summed E-state index contributed by atoms with van der Waals surface area (Å²) < 4.78 is 13.5. The number of alkyl halides is 1. The Labute approximate surface area is 82.9 Å². The average molecular weight is 204 g/mol. The van der Waals surface area contributed by atoms with Gasteiger partial charge in [-0.25, -0.2) is 4.39 Å². The van der Waals surface area contributed by atoms with Crippen molar-refractivity contribution in [2.45, 2.75) is 25.1 Å². The molecule has 1 rings (SSSR count). The SMILES string of the molecule is CN1CCC(C(F)C(N)C(=O)O)CC1. The maximum absolute atomic E-state index is 13.5. The van der Waals surface area contributed by atoms with Crippen LogP contribution in [0.2, 0.25) is 0 Å². The molecule has 0 radical (unpaired) electrons. The summed E-state index contributed by atoms with van der Waals surface area (Å²) in [4.78, 5) is 12.6. The third-order valence-corrected chi connectivity index (χ3v) is 2.84. The first-order chi connectivity index (χ1) is 6.52. The first-order valence-corrected chi connectivity index (χ1v) is 4.83. The zero-order valence-corrected chi connectivity index (χ0v) is 8.32. The highest BCUT2D eigenvalue weighted by Crippen LogP contribution is 2.23. The first-order valence-electron chi connectivity index (χ1n) is 4.83. The minimum atomic E-state index is -1.42. The Morgan fingerprint density at radius 2 is 2.07 bits per heavy atom. The summed E-state index contributed by atoms with van der Waals surface area (Å²) >= 11 is 0. The van der Waals surface area contributed by atoms with Gasteiger partial charge in [-0.2, -0.15) is 0 Å². The number of hydrogen-bond donors (Lipinski definition) is 2. The lowest BCUT2D eigenvalue weighted by Crippen LogP contribution is -2.46. The highest BCUT2D eigenvalue weighted by atomic mass is 19.1. The van der Waals surface area contributed by atoms with E-state index in [4.69, 9.17) is 10.8 Å². The Balaban J connectivity index is 2.45. The molecule has 0 spiro atoms. The van der Waals surface area contributed by atoms with Gasteiger partial charge in [0.2, 0.25) is 0 Å². The Hall–Kier alpha value is -0.680. The van der Waals surface area contributed by atoms with Crippen LogP contribution in [-0.4, -0.2) is 48.3 Å². The lowest BCUT2D eigenvalue weighted by Gasteiger charge is -2.31. The molecule has 1 saturated heterocycles. The molecule has 0 aromatic heterocycles. The summed E-state index contributed by atoms with van der Waals surface area (Å²) in [6.07, 6.45) is -0.0294. The largest absolute Gasteiger partial charge is 0.480 e. The molecule has 1 heterocycles. The fourth-order valence-corrected chi connectivity index (χ4v) is 1.78. The van der Waals surface area contributed by atoms with Crippen molar-refractivity contribution in [1.29, 1.82) is 0 Å². The molecular formula is C9H17FN2O2. The van der Waals surface area contributed by atoms with Crippen LogP contribution in [0.1, 0.15) is 12.8 Å². The number of carboxylic acid groups (broad SMARTS) is 1. The third-order valence-electron chi connectivity index (χ3n) is 2.84. The van der Waals surface area contributed by atoms with Crippen molar-refractivity contribution in [3.05, 3.63) is 0 Å². The van der Waals surface area contributed by atoms with Crippen molar-refractivity contribution >= 4 is 5.97 Å². The van der Waals surface area contributed by atoms with Gasteiger partial charge in [-0.3, -0.25) is 4.79 Å². The number of piperidine rings is 1. The van der Waals surface area contributed by atoms with Crippen LogP contribution in [-0.2, 0) is 4.79 Å². The van der Waals surface area contributed by atoms with E-state index in [9.17, 15) is 9.18 Å². The number of hydrogen-bond acceptors (Lipinski definition) is 3. The summed E-state index contributed by atoms with van der Waals surface area (Å²) in [5.41, 5.74) is 5.24. The summed E-state index contributed by atoms with van der Waals surface area (Å²) in [5, 5.41) is 8.56. The molecule has 1 fully saturated rings. The number of nitrogens with two attached hydrogens (primary N) is 1. The second-order valence-corrected chi connectivity index (χ2v) is 3.95. The van der Waals surface area contributed by atoms with Gasteiger partial charge >= 0.3 is 5.97 Å². The zero-order valence-electron chi connectivity index (χ0n) is 8.32. The van der Waals surface area contributed by atoms with Crippen LogP contribution in [0.25, 0.3) is 0 Å². The van der Waals surface area contributed by atoms with Gasteiger partial charge in [-0.1, -0.05) is 0 Å². The Kier molecular flexibility index (Phi) is 3.83. The predicted molar refractivity (Wildman–Crippen MR) is 50.7 cm³/mol. The van der Waals surface area contributed by atoms with Crippen molar-refractivity contribution in [2.24, 2.45) is 11.7 Å². The van der Waals surface area contributed by atoms with Crippen molar-refractivity contribution in [3.63, 3.8) is 0 Å². The standard InChI is InChI=1S/C9H17FN2O2/c1-12-4-2-6(3-5-12)7(10)8(11)9(13)14/h6-8H,2-5,11H2,1H3,(H,13,14). The van der Waals surface area contributed by atoms with E-state index in [0.717, 1.165) is 13.1 Å². The van der Waals surface area contributed by atoms with Gasteiger partial charge in [0.05, 0.1) is 0 Å². The van der Waals surface area contributed by atoms with Crippen LogP contribution < -0.4 is 5.73 Å². The van der Waals surface area contributed by atoms with Crippen LogP contribution in [0.5, 0.6) is 0 Å². The number of halogens is 1. The van der Waals surface area contributed by atoms with E-state index in [0.29, 0.717) is 12.8 Å². The number of rotatable bonds is 3. The quantitative estimate of drug-likeness (QED) is 0.683. The van der Waals surface area contributed by atoms with Crippen molar-refractivity contribution in [2.75, 3.05) is 20.1 Å². The molecule has 0 amide bonds. The van der Waals surface area contributed by atoms with E-state index < -0.39 is 18.2 Å². The topological polar surface area (TPSA) is 66.6 Å². The molecule has 1 aliphatic rings. The average Bonchev–Trinajstić information content (AvgIpc) is 2.16. The Morgan fingerprint density at radius 1 is 1.57 bits per heavy atom. The number of carboxylic acids is 1. The van der Waals surface area contributed by atoms with Gasteiger partial charge < -0.3 is 15.7 Å². The lowest BCUT2D eigenvalue weighted by atomic mass is 9.89. The van der Waals surface area contributed by atoms with Gasteiger partial charge in [0.1, 0.15) is 12.2 Å². The van der Waals surface area contributed by atoms with Gasteiger partial charge in [0, 0.05) is 0 Å². The number of nitrogens with zero attached hydrogens (tertiary/aromatic N) is 1. The predicted octanol–water partition coefficient (Wildman–Crippen LogP) is 0.0782. The molecule has 0 aromatic carbocycles. The van der Waals surface area contributed by atoms with Crippen molar-refractivity contribution < 1.29 is 14.3 Å². The molecule has 82 valence electrons. The van der Waals surface area contributed by atoms with Gasteiger partial charge in [-0.15, -0.1) is 0 Å². The second kappa shape index (κ2) is 4.70. The molecule has 4 nitrogen and oxygen atoms in total. The summed E-state index contributed by atoms with van der Waals surface area (Å²) in [5.74, 6) is -1.45. The van der Waals surface area contributed by atoms with E-state index >= 15 is 0 Å². The zero-order chi connectivity index (χ0) is 10.7. The number of aliphatic carboxylic acids is 1. The maximum Gasteiger partial charge on any atom is 0.323 e. The van der Waals surface area contributed by atoms with Crippen molar-refractivity contribution in [1.82, 2.24) is 4.90 Å². The molecule has 5 heteroatoms. The smallest absolute Gasteiger partial charge is 0.323 e. The summed E-state index contributed by atoms with van der Waals surface area (Å²) in [6.45, 7) is 1.63. The van der Waals surface area contributed by atoms with E-state index in [1.165, 1.54) is 0 Å². The van der Waals surface area contributed by atoms with Gasteiger partial charge in [0.25, 0.3) is 0 Å². The van der Waals surface area contributed by atoms with Gasteiger partial charge in [-0.05, 0) is 38.9 Å². The molecule has 2 atom stereocenters. The monoisotopic (exact) mass is 204 g/mol. The van der Waals surface area contributed by atoms with Crippen molar-refractivity contribution in [3.8, 4) is 0 Å². The van der Waals surface area contributed by atoms with E-state index in [-0.39, 0.29) is 5.92 Å². The third kappa shape index (κ3) is 2.65. The molecule has 1 aliphatic heterocycles. The Bertz CT molecular complexity index is 205. The van der Waals surface area contributed by atoms with Gasteiger partial charge in [0.15, 0.2) is 0 Å². The molecule has 14 heavy (non-hydrogen) atoms.